The third kappa shape index (κ3) is 5.79. The van der Waals surface area contributed by atoms with Crippen LogP contribution in [0.1, 0.15) is 38.2 Å². The van der Waals surface area contributed by atoms with Crippen molar-refractivity contribution in [2.24, 2.45) is 0 Å². The number of rotatable bonds is 10. The third-order valence-corrected chi connectivity index (χ3v) is 5.00. The van der Waals surface area contributed by atoms with Crippen molar-refractivity contribution >= 4 is 17.4 Å². The van der Waals surface area contributed by atoms with Gasteiger partial charge in [0.2, 0.25) is 0 Å². The highest BCUT2D eigenvalue weighted by atomic mass is 32.2. The van der Waals surface area contributed by atoms with E-state index in [4.69, 9.17) is 4.74 Å². The van der Waals surface area contributed by atoms with Gasteiger partial charge in [-0.2, -0.15) is 0 Å². The van der Waals surface area contributed by atoms with Gasteiger partial charge in [-0.3, -0.25) is 0 Å². The van der Waals surface area contributed by atoms with E-state index in [-0.39, 0.29) is 0 Å². The van der Waals surface area contributed by atoms with Crippen molar-refractivity contribution in [3.63, 3.8) is 0 Å². The zero-order valence-electron chi connectivity index (χ0n) is 15.1. The molecule has 0 aliphatic heterocycles. The average Bonchev–Trinajstić information content (AvgIpc) is 2.65. The molecule has 3 heteroatoms. The van der Waals surface area contributed by atoms with Crippen LogP contribution in [0.2, 0.25) is 0 Å². The van der Waals surface area contributed by atoms with Gasteiger partial charge in [-0.05, 0) is 54.6 Å². The molecule has 0 saturated heterocycles. The lowest BCUT2D eigenvalue weighted by Gasteiger charge is -2.25. The molecular weight excluding hydrogens is 314 g/mol. The Kier molecular flexibility index (Phi) is 8.03. The number of methoxy groups -OCH3 is 1. The summed E-state index contributed by atoms with van der Waals surface area (Å²) in [5.41, 5.74) is 2.63. The lowest BCUT2D eigenvalue weighted by Crippen LogP contribution is -2.23. The summed E-state index contributed by atoms with van der Waals surface area (Å²) < 4.78 is 5.28. The van der Waals surface area contributed by atoms with Gasteiger partial charge in [-0.1, -0.05) is 38.3 Å². The molecule has 0 unspecified atom stereocenters. The van der Waals surface area contributed by atoms with Crippen LogP contribution in [-0.2, 0) is 6.54 Å². The second-order valence-corrected chi connectivity index (χ2v) is 6.91. The minimum Gasteiger partial charge on any atom is -0.497 e. The Morgan fingerprint density at radius 3 is 2.21 bits per heavy atom. The highest BCUT2D eigenvalue weighted by Gasteiger charge is 2.08. The molecule has 2 nitrogen and oxygen atoms in total. The molecule has 0 aliphatic rings. The third-order valence-electron chi connectivity index (χ3n) is 4.25. The Morgan fingerprint density at radius 1 is 0.917 bits per heavy atom. The number of thioether (sulfide) groups is 1. The van der Waals surface area contributed by atoms with Gasteiger partial charge in [0.05, 0.1) is 7.11 Å². The normalized spacial score (nSPS) is 10.6. The minimum absolute atomic E-state index is 0.911. The van der Waals surface area contributed by atoms with Gasteiger partial charge in [-0.25, -0.2) is 0 Å². The van der Waals surface area contributed by atoms with Gasteiger partial charge in [-0.15, -0.1) is 11.8 Å². The quantitative estimate of drug-likeness (QED) is 0.387. The van der Waals surface area contributed by atoms with Gasteiger partial charge in [0.25, 0.3) is 0 Å². The van der Waals surface area contributed by atoms with E-state index in [2.05, 4.69) is 54.5 Å². The summed E-state index contributed by atoms with van der Waals surface area (Å²) >= 11 is 1.79. The highest BCUT2D eigenvalue weighted by Crippen LogP contribution is 2.23. The zero-order valence-corrected chi connectivity index (χ0v) is 15.9. The van der Waals surface area contributed by atoms with Gasteiger partial charge < -0.3 is 9.64 Å². The molecule has 0 atom stereocenters. The number of unbranched alkanes of at least 4 members (excludes halogenated alkanes) is 3. The largest absolute Gasteiger partial charge is 0.497 e. The summed E-state index contributed by atoms with van der Waals surface area (Å²) in [5, 5.41) is 0. The molecule has 0 bridgehead atoms. The molecule has 0 heterocycles. The first-order chi connectivity index (χ1) is 11.8. The lowest BCUT2D eigenvalue weighted by atomic mass is 10.1. The first-order valence-electron chi connectivity index (χ1n) is 8.78. The number of nitrogens with zero attached hydrogens (tertiary/aromatic N) is 1. The highest BCUT2D eigenvalue weighted by molar-refractivity contribution is 7.98. The zero-order chi connectivity index (χ0) is 17.2. The summed E-state index contributed by atoms with van der Waals surface area (Å²) in [6.07, 6.45) is 7.25. The standard InChI is InChI=1S/C21H29NOS/c1-4-5-6-7-16-22(19-10-12-20(23-2)13-11-19)17-18-8-14-21(24-3)15-9-18/h8-15H,4-7,16-17H2,1-3H3. The number of anilines is 1. The molecule has 2 rings (SSSR count). The predicted octanol–water partition coefficient (Wildman–Crippen LogP) is 6.00. The summed E-state index contributed by atoms with van der Waals surface area (Å²) in [5.74, 6) is 0.911. The van der Waals surface area contributed by atoms with E-state index >= 15 is 0 Å². The molecule has 24 heavy (non-hydrogen) atoms. The van der Waals surface area contributed by atoms with Crippen LogP contribution in [0.4, 0.5) is 5.69 Å². The van der Waals surface area contributed by atoms with Crippen LogP contribution in [0.3, 0.4) is 0 Å². The van der Waals surface area contributed by atoms with Crippen molar-refractivity contribution in [2.45, 2.75) is 44.0 Å². The van der Waals surface area contributed by atoms with E-state index in [1.54, 1.807) is 18.9 Å². The molecule has 2 aromatic rings. The Bertz CT molecular complexity index is 580. The first kappa shape index (κ1) is 18.7. The molecular formula is C21H29NOS. The molecule has 130 valence electrons. The maximum atomic E-state index is 5.28. The maximum Gasteiger partial charge on any atom is 0.119 e. The fraction of sp³-hybridized carbons (Fsp3) is 0.429. The van der Waals surface area contributed by atoms with Gasteiger partial charge in [0, 0.05) is 23.7 Å². The summed E-state index contributed by atoms with van der Waals surface area (Å²) in [4.78, 5) is 3.79. The second kappa shape index (κ2) is 10.3. The Hall–Kier alpha value is -1.61. The fourth-order valence-electron chi connectivity index (χ4n) is 2.77. The van der Waals surface area contributed by atoms with Crippen molar-refractivity contribution in [3.8, 4) is 5.75 Å². The lowest BCUT2D eigenvalue weighted by molar-refractivity contribution is 0.415. The summed E-state index contributed by atoms with van der Waals surface area (Å²) in [6, 6.07) is 17.3. The van der Waals surface area contributed by atoms with Gasteiger partial charge in [0.15, 0.2) is 0 Å². The Labute approximate surface area is 151 Å². The van der Waals surface area contributed by atoms with Crippen molar-refractivity contribution in [2.75, 3.05) is 24.8 Å². The number of benzene rings is 2. The average molecular weight is 344 g/mol. The number of ether oxygens (including phenoxy) is 1. The number of hydrogen-bond acceptors (Lipinski definition) is 3. The van der Waals surface area contributed by atoms with Crippen molar-refractivity contribution < 1.29 is 4.74 Å². The van der Waals surface area contributed by atoms with Gasteiger partial charge >= 0.3 is 0 Å². The second-order valence-electron chi connectivity index (χ2n) is 6.03. The van der Waals surface area contributed by atoms with Crippen LogP contribution in [0.5, 0.6) is 5.75 Å². The monoisotopic (exact) mass is 343 g/mol. The van der Waals surface area contributed by atoms with Crippen LogP contribution in [0.15, 0.2) is 53.4 Å². The number of hydrogen-bond donors (Lipinski definition) is 0. The first-order valence-corrected chi connectivity index (χ1v) is 10.0. The molecule has 0 aliphatic carbocycles. The summed E-state index contributed by atoms with van der Waals surface area (Å²) in [7, 11) is 1.71. The molecule has 2 aromatic carbocycles. The molecule has 0 N–H and O–H groups in total. The van der Waals surface area contributed by atoms with Crippen LogP contribution in [-0.4, -0.2) is 19.9 Å². The molecule has 0 fully saturated rings. The SMILES string of the molecule is CCCCCCN(Cc1ccc(SC)cc1)c1ccc(OC)cc1. The van der Waals surface area contributed by atoms with E-state index in [0.29, 0.717) is 0 Å². The molecule has 0 radical (unpaired) electrons. The van der Waals surface area contributed by atoms with E-state index in [1.807, 2.05) is 12.1 Å². The topological polar surface area (TPSA) is 12.5 Å². The fourth-order valence-corrected chi connectivity index (χ4v) is 3.18. The van der Waals surface area contributed by atoms with Crippen LogP contribution in [0.25, 0.3) is 0 Å². The smallest absolute Gasteiger partial charge is 0.119 e. The van der Waals surface area contributed by atoms with Crippen molar-refractivity contribution in [3.05, 3.63) is 54.1 Å². The van der Waals surface area contributed by atoms with E-state index in [1.165, 1.54) is 41.8 Å². The maximum absolute atomic E-state index is 5.28. The Morgan fingerprint density at radius 2 is 1.62 bits per heavy atom. The van der Waals surface area contributed by atoms with Crippen molar-refractivity contribution in [1.82, 2.24) is 0 Å². The van der Waals surface area contributed by atoms with E-state index < -0.39 is 0 Å². The van der Waals surface area contributed by atoms with Crippen molar-refractivity contribution in [1.29, 1.82) is 0 Å². The minimum atomic E-state index is 0.911. The van der Waals surface area contributed by atoms with Crippen LogP contribution in [0, 0.1) is 0 Å². The summed E-state index contributed by atoms with van der Waals surface area (Å²) in [6.45, 7) is 4.30. The van der Waals surface area contributed by atoms with E-state index in [9.17, 15) is 0 Å². The van der Waals surface area contributed by atoms with Crippen LogP contribution >= 0.6 is 11.8 Å². The molecule has 0 aromatic heterocycles. The van der Waals surface area contributed by atoms with Gasteiger partial charge in [0.1, 0.15) is 5.75 Å². The Balaban J connectivity index is 2.07. The predicted molar refractivity (Wildman–Crippen MR) is 106 cm³/mol. The molecule has 0 spiro atoms. The van der Waals surface area contributed by atoms with E-state index in [0.717, 1.165) is 18.8 Å². The van der Waals surface area contributed by atoms with Crippen LogP contribution < -0.4 is 9.64 Å². The molecule has 0 amide bonds. The molecule has 0 saturated carbocycles.